The second-order valence-electron chi connectivity index (χ2n) is 6.66. The Morgan fingerprint density at radius 3 is 2.25 bits per heavy atom. The molecule has 0 aromatic rings. The van der Waals surface area contributed by atoms with Gasteiger partial charge < -0.3 is 15.2 Å². The maximum Gasteiger partial charge on any atom is 0.305 e. The Balaban J connectivity index is 4.51. The van der Waals surface area contributed by atoms with Crippen molar-refractivity contribution in [3.05, 3.63) is 0 Å². The van der Waals surface area contributed by atoms with E-state index >= 15 is 0 Å². The quantitative estimate of drug-likeness (QED) is 0.303. The molecule has 9 heteroatoms. The number of carboxylic acid groups (broad SMARTS) is 1. The maximum atomic E-state index is 12.3. The number of hydrogen-bond acceptors (Lipinski definition) is 7. The van der Waals surface area contributed by atoms with Crippen molar-refractivity contribution in [2.45, 2.75) is 70.6 Å². The summed E-state index contributed by atoms with van der Waals surface area (Å²) in [7, 11) is 0. The van der Waals surface area contributed by atoms with Gasteiger partial charge in [0.05, 0.1) is 24.3 Å². The molecule has 0 saturated carbocycles. The second kappa shape index (κ2) is 15.2. The molecule has 28 heavy (non-hydrogen) atoms. The molecule has 0 aliphatic rings. The van der Waals surface area contributed by atoms with Crippen LogP contribution in [0.1, 0.15) is 59.3 Å². The number of carbonyl (C=O) groups excluding carboxylic acids is 4. The Bertz CT molecular complexity index is 553. The van der Waals surface area contributed by atoms with Crippen LogP contribution in [0.25, 0.3) is 0 Å². The third kappa shape index (κ3) is 13.4. The fourth-order valence-corrected chi connectivity index (χ4v) is 3.55. The van der Waals surface area contributed by atoms with E-state index in [1.807, 2.05) is 0 Å². The number of ketones is 3. The van der Waals surface area contributed by atoms with Gasteiger partial charge in [0, 0.05) is 25.1 Å². The fourth-order valence-electron chi connectivity index (χ4n) is 2.28. The molecule has 3 N–H and O–H groups in total. The fraction of sp³-hybridized carbons (Fsp3) is 0.737. The largest absolute Gasteiger partial charge is 0.481 e. The number of aliphatic carboxylic acids is 1. The smallest absolute Gasteiger partial charge is 0.305 e. The minimum Gasteiger partial charge on any atom is -0.481 e. The van der Waals surface area contributed by atoms with E-state index in [2.05, 4.69) is 10.6 Å². The van der Waals surface area contributed by atoms with Crippen molar-refractivity contribution in [3.63, 3.8) is 0 Å². The molecule has 2 atom stereocenters. The Hall–Kier alpha value is -1.74. The number of unbranched alkanes of at least 4 members (excludes halogenated alkanes) is 2. The van der Waals surface area contributed by atoms with E-state index in [0.29, 0.717) is 25.8 Å². The molecule has 0 saturated heterocycles. The number of rotatable bonds is 17. The van der Waals surface area contributed by atoms with E-state index in [-0.39, 0.29) is 42.0 Å². The molecule has 0 bridgehead atoms. The predicted octanol–water partition coefficient (Wildman–Crippen LogP) is 1.35. The van der Waals surface area contributed by atoms with E-state index in [1.54, 1.807) is 6.92 Å². The molecular formula is C19H32N2O6S. The van der Waals surface area contributed by atoms with Crippen LogP contribution in [0.4, 0.5) is 0 Å². The molecule has 2 unspecified atom stereocenters. The molecule has 0 heterocycles. The summed E-state index contributed by atoms with van der Waals surface area (Å²) in [5, 5.41) is 13.8. The van der Waals surface area contributed by atoms with E-state index in [0.717, 1.165) is 24.6 Å². The highest BCUT2D eigenvalue weighted by molar-refractivity contribution is 8.00. The zero-order valence-electron chi connectivity index (χ0n) is 16.9. The number of thioether (sulfide) groups is 1. The third-order valence-electron chi connectivity index (χ3n) is 4.05. The van der Waals surface area contributed by atoms with Crippen molar-refractivity contribution in [2.24, 2.45) is 0 Å². The van der Waals surface area contributed by atoms with Gasteiger partial charge in [0.25, 0.3) is 0 Å². The third-order valence-corrected chi connectivity index (χ3v) is 5.36. The van der Waals surface area contributed by atoms with Crippen LogP contribution in [0.3, 0.4) is 0 Å². The summed E-state index contributed by atoms with van der Waals surface area (Å²) in [6.45, 7) is 5.14. The summed E-state index contributed by atoms with van der Waals surface area (Å²) in [5.41, 5.74) is 0. The highest BCUT2D eigenvalue weighted by Crippen LogP contribution is 2.17. The number of carbonyl (C=O) groups is 5. The summed E-state index contributed by atoms with van der Waals surface area (Å²) in [4.78, 5) is 57.4. The molecule has 0 aromatic heterocycles. The number of carboxylic acids is 1. The summed E-state index contributed by atoms with van der Waals surface area (Å²) in [6.07, 6.45) is 2.81. The molecule has 0 aliphatic carbocycles. The highest BCUT2D eigenvalue weighted by atomic mass is 32.2. The van der Waals surface area contributed by atoms with Gasteiger partial charge in [0.15, 0.2) is 0 Å². The number of Topliss-reactive ketones (excluding diaryl/α,β-unsaturated/α-hetero) is 3. The van der Waals surface area contributed by atoms with Gasteiger partial charge in [-0.3, -0.25) is 24.5 Å². The summed E-state index contributed by atoms with van der Waals surface area (Å²) in [5.74, 6) is -1.34. The monoisotopic (exact) mass is 416 g/mol. The topological polar surface area (TPSA) is 130 Å². The molecule has 160 valence electrons. The first-order valence-electron chi connectivity index (χ1n) is 9.53. The molecule has 8 nitrogen and oxygen atoms in total. The Morgan fingerprint density at radius 2 is 1.71 bits per heavy atom. The first-order chi connectivity index (χ1) is 13.2. The highest BCUT2D eigenvalue weighted by Gasteiger charge is 2.25. The molecule has 0 aliphatic heterocycles. The van der Waals surface area contributed by atoms with E-state index < -0.39 is 17.3 Å². The standard InChI is InChI=1S/C19H32N2O6S/c1-4-15(24)11-21-16(14(3)23)12-28-17(10-18(25)26)19(27)20-9-7-5-6-8-13(2)22/h16-17,21H,4-12H2,1-3H3,(H,20,27)(H,25,26). The summed E-state index contributed by atoms with van der Waals surface area (Å²) in [6, 6.07) is -0.615. The van der Waals surface area contributed by atoms with Crippen molar-refractivity contribution in [3.8, 4) is 0 Å². The Kier molecular flexibility index (Phi) is 14.3. The SMILES string of the molecule is CCC(=O)CNC(CSC(CC(=O)O)C(=O)NCCCCCC(C)=O)C(C)=O. The lowest BCUT2D eigenvalue weighted by Crippen LogP contribution is -2.42. The first kappa shape index (κ1) is 26.3. The van der Waals surface area contributed by atoms with Gasteiger partial charge in [-0.15, -0.1) is 11.8 Å². The molecule has 1 amide bonds. The van der Waals surface area contributed by atoms with Crippen molar-refractivity contribution < 1.29 is 29.1 Å². The number of amides is 1. The zero-order valence-corrected chi connectivity index (χ0v) is 17.7. The van der Waals surface area contributed by atoms with E-state index in [4.69, 9.17) is 5.11 Å². The molecule has 0 spiro atoms. The van der Waals surface area contributed by atoms with Crippen LogP contribution in [-0.4, -0.2) is 64.5 Å². The van der Waals surface area contributed by atoms with Crippen LogP contribution in [0.2, 0.25) is 0 Å². The van der Waals surface area contributed by atoms with E-state index in [9.17, 15) is 24.0 Å². The average molecular weight is 417 g/mol. The Morgan fingerprint density at radius 1 is 1.04 bits per heavy atom. The van der Waals surface area contributed by atoms with Crippen molar-refractivity contribution in [1.29, 1.82) is 0 Å². The van der Waals surface area contributed by atoms with Gasteiger partial charge in [0.1, 0.15) is 17.3 Å². The van der Waals surface area contributed by atoms with Crippen LogP contribution in [0, 0.1) is 0 Å². The van der Waals surface area contributed by atoms with Crippen molar-refractivity contribution >= 4 is 41.0 Å². The zero-order chi connectivity index (χ0) is 21.5. The van der Waals surface area contributed by atoms with Crippen LogP contribution < -0.4 is 10.6 Å². The molecule has 0 radical (unpaired) electrons. The predicted molar refractivity (Wildman–Crippen MR) is 108 cm³/mol. The van der Waals surface area contributed by atoms with Gasteiger partial charge in [-0.1, -0.05) is 13.3 Å². The van der Waals surface area contributed by atoms with Gasteiger partial charge >= 0.3 is 5.97 Å². The summed E-state index contributed by atoms with van der Waals surface area (Å²) < 4.78 is 0. The Labute approximate surface area is 170 Å². The molecule has 0 fully saturated rings. The minimum absolute atomic E-state index is 0.0270. The van der Waals surface area contributed by atoms with E-state index in [1.165, 1.54) is 13.8 Å². The van der Waals surface area contributed by atoms with Crippen LogP contribution >= 0.6 is 11.8 Å². The maximum absolute atomic E-state index is 12.3. The lowest BCUT2D eigenvalue weighted by molar-refractivity contribution is -0.138. The normalized spacial score (nSPS) is 12.8. The number of hydrogen-bond donors (Lipinski definition) is 3. The van der Waals surface area contributed by atoms with Gasteiger partial charge in [-0.25, -0.2) is 0 Å². The van der Waals surface area contributed by atoms with Crippen LogP contribution in [0.15, 0.2) is 0 Å². The number of nitrogens with one attached hydrogen (secondary N) is 2. The lowest BCUT2D eigenvalue weighted by Gasteiger charge is -2.19. The lowest BCUT2D eigenvalue weighted by atomic mass is 10.1. The summed E-state index contributed by atoms with van der Waals surface area (Å²) >= 11 is 1.09. The van der Waals surface area contributed by atoms with Gasteiger partial charge in [-0.05, 0) is 26.7 Å². The van der Waals surface area contributed by atoms with Gasteiger partial charge in [0.2, 0.25) is 5.91 Å². The van der Waals surface area contributed by atoms with Gasteiger partial charge in [-0.2, -0.15) is 0 Å². The molecule has 0 rings (SSSR count). The molecule has 0 aromatic carbocycles. The minimum atomic E-state index is -1.09. The van der Waals surface area contributed by atoms with Crippen molar-refractivity contribution in [2.75, 3.05) is 18.8 Å². The second-order valence-corrected chi connectivity index (χ2v) is 7.90. The average Bonchev–Trinajstić information content (AvgIpc) is 2.61. The first-order valence-corrected chi connectivity index (χ1v) is 10.6. The van der Waals surface area contributed by atoms with Crippen molar-refractivity contribution in [1.82, 2.24) is 10.6 Å². The molecular weight excluding hydrogens is 384 g/mol. The van der Waals surface area contributed by atoms with Crippen LogP contribution in [-0.2, 0) is 24.0 Å². The van der Waals surface area contributed by atoms with Crippen LogP contribution in [0.5, 0.6) is 0 Å².